The van der Waals surface area contributed by atoms with Crippen molar-refractivity contribution < 1.29 is 14.3 Å². The average Bonchev–Trinajstić information content (AvgIpc) is 3.47. The van der Waals surface area contributed by atoms with Gasteiger partial charge in [-0.3, -0.25) is 9.59 Å². The van der Waals surface area contributed by atoms with E-state index in [9.17, 15) is 9.59 Å². The topological polar surface area (TPSA) is 122 Å². The predicted octanol–water partition coefficient (Wildman–Crippen LogP) is 3.03. The molecule has 1 atom stereocenters. The zero-order valence-electron chi connectivity index (χ0n) is 19.6. The number of carbonyl (C=O) groups excluding carboxylic acids is 2. The summed E-state index contributed by atoms with van der Waals surface area (Å²) in [5.74, 6) is 2.50. The summed E-state index contributed by atoms with van der Waals surface area (Å²) >= 11 is 5.69. The van der Waals surface area contributed by atoms with Gasteiger partial charge in [0.05, 0.1) is 26.1 Å². The Hall–Kier alpha value is -3.63. The van der Waals surface area contributed by atoms with E-state index in [0.29, 0.717) is 41.3 Å². The van der Waals surface area contributed by atoms with Gasteiger partial charge in [0.1, 0.15) is 35.3 Å². The second kappa shape index (κ2) is 11.0. The molecule has 10 nitrogen and oxygen atoms in total. The van der Waals surface area contributed by atoms with Crippen LogP contribution in [0.5, 0.6) is 0 Å². The first-order valence-corrected chi connectivity index (χ1v) is 12.2. The second-order valence-electron chi connectivity index (χ2n) is 8.92. The molecule has 2 amide bonds. The third-order valence-corrected chi connectivity index (χ3v) is 6.62. The number of nitrogens with zero attached hydrogens (tertiary/aromatic N) is 5. The highest BCUT2D eigenvalue weighted by atomic mass is 35.5. The Morgan fingerprint density at radius 1 is 0.944 bits per heavy atom. The fourth-order valence-electron chi connectivity index (χ4n) is 4.59. The molecule has 6 rings (SSSR count). The molecule has 2 N–H and O–H groups in total. The van der Waals surface area contributed by atoms with Gasteiger partial charge in [0, 0.05) is 24.2 Å². The van der Waals surface area contributed by atoms with Crippen LogP contribution in [0.4, 0.5) is 17.5 Å². The Bertz CT molecular complexity index is 1260. The smallest absolute Gasteiger partial charge is 0.230 e. The van der Waals surface area contributed by atoms with E-state index in [2.05, 4.69) is 47.6 Å². The highest BCUT2D eigenvalue weighted by Gasteiger charge is 2.28. The van der Waals surface area contributed by atoms with Crippen LogP contribution in [0, 0.1) is 5.92 Å². The number of aromatic nitrogens is 4. The van der Waals surface area contributed by atoms with E-state index in [1.54, 1.807) is 0 Å². The summed E-state index contributed by atoms with van der Waals surface area (Å²) in [5.41, 5.74) is 2.82. The number of halogens is 1. The van der Waals surface area contributed by atoms with Crippen LogP contribution in [0.25, 0.3) is 0 Å². The van der Waals surface area contributed by atoms with Crippen molar-refractivity contribution in [2.45, 2.75) is 32.3 Å². The summed E-state index contributed by atoms with van der Waals surface area (Å²) in [6.07, 6.45) is 5.80. The number of anilines is 3. The highest BCUT2D eigenvalue weighted by Crippen LogP contribution is 2.31. The molecular formula is C25H26ClN7O3. The van der Waals surface area contributed by atoms with Gasteiger partial charge < -0.3 is 20.3 Å². The number of rotatable bonds is 5. The van der Waals surface area contributed by atoms with E-state index < -0.39 is 0 Å². The number of fused-ring (bicyclic) bond motifs is 2. The normalized spacial score (nSPS) is 18.0. The van der Waals surface area contributed by atoms with Gasteiger partial charge in [-0.05, 0) is 24.3 Å². The van der Waals surface area contributed by atoms with Crippen molar-refractivity contribution in [2.24, 2.45) is 5.92 Å². The molecule has 1 fully saturated rings. The van der Waals surface area contributed by atoms with Crippen molar-refractivity contribution in [3.05, 3.63) is 64.8 Å². The standard InChI is InChI=1S/C19H22N4O2.C6H4ClN3O/c24-17-9-16-18(22-17)20-13-21-19(16)23-8-4-7-15(10-23)12-25-11-14-5-2-1-3-6-14;7-5-3-1-4(11)10-6(3)9-2-8-5/h1-3,5-6,13,15H,4,7-12H2,(H,20,21,22,24);2H,1H2,(H,8,9,10,11)/t15-;/m0./s1. The summed E-state index contributed by atoms with van der Waals surface area (Å²) in [7, 11) is 0. The SMILES string of the molecule is O=C1Cc2c(Cl)ncnc2N1.O=C1Cc2c(ncnc2N2CCC[C@H](COCc3ccccc3)C2)N1. The maximum Gasteiger partial charge on any atom is 0.230 e. The Labute approximate surface area is 213 Å². The highest BCUT2D eigenvalue weighted by molar-refractivity contribution is 6.31. The first kappa shape index (κ1) is 24.1. The van der Waals surface area contributed by atoms with Crippen LogP contribution in [0.3, 0.4) is 0 Å². The Balaban J connectivity index is 0.000000202. The van der Waals surface area contributed by atoms with Gasteiger partial charge in [-0.25, -0.2) is 19.9 Å². The van der Waals surface area contributed by atoms with E-state index in [4.69, 9.17) is 16.3 Å². The fourth-order valence-corrected chi connectivity index (χ4v) is 4.79. The van der Waals surface area contributed by atoms with Crippen molar-refractivity contribution in [1.82, 2.24) is 19.9 Å². The van der Waals surface area contributed by atoms with E-state index in [0.717, 1.165) is 43.9 Å². The molecule has 0 spiro atoms. The van der Waals surface area contributed by atoms with E-state index in [1.807, 2.05) is 18.2 Å². The number of benzene rings is 1. The minimum Gasteiger partial charge on any atom is -0.376 e. The van der Waals surface area contributed by atoms with Crippen LogP contribution in [-0.4, -0.2) is 51.4 Å². The largest absolute Gasteiger partial charge is 0.376 e. The number of hydrogen-bond acceptors (Lipinski definition) is 8. The number of ether oxygens (including phenoxy) is 1. The second-order valence-corrected chi connectivity index (χ2v) is 9.28. The molecule has 1 saturated heterocycles. The third-order valence-electron chi connectivity index (χ3n) is 6.29. The Kier molecular flexibility index (Phi) is 7.33. The van der Waals surface area contributed by atoms with Gasteiger partial charge in [0.15, 0.2) is 0 Å². The van der Waals surface area contributed by atoms with Crippen LogP contribution >= 0.6 is 11.6 Å². The Morgan fingerprint density at radius 3 is 2.39 bits per heavy atom. The molecule has 0 unspecified atom stereocenters. The zero-order valence-corrected chi connectivity index (χ0v) is 20.4. The molecule has 186 valence electrons. The lowest BCUT2D eigenvalue weighted by Gasteiger charge is -2.34. The molecule has 3 aliphatic heterocycles. The number of nitrogens with one attached hydrogen (secondary N) is 2. The number of amides is 2. The molecule has 0 radical (unpaired) electrons. The van der Waals surface area contributed by atoms with Crippen molar-refractivity contribution in [3.63, 3.8) is 0 Å². The molecule has 0 bridgehead atoms. The summed E-state index contributed by atoms with van der Waals surface area (Å²) in [6.45, 7) is 3.27. The van der Waals surface area contributed by atoms with Crippen LogP contribution < -0.4 is 15.5 Å². The van der Waals surface area contributed by atoms with Gasteiger partial charge in [-0.15, -0.1) is 0 Å². The average molecular weight is 508 g/mol. The van der Waals surface area contributed by atoms with Crippen LogP contribution in [-0.2, 0) is 33.8 Å². The van der Waals surface area contributed by atoms with Gasteiger partial charge in [-0.1, -0.05) is 41.9 Å². The lowest BCUT2D eigenvalue weighted by Crippen LogP contribution is -2.38. The summed E-state index contributed by atoms with van der Waals surface area (Å²) in [6, 6.07) is 10.3. The van der Waals surface area contributed by atoms with Gasteiger partial charge in [-0.2, -0.15) is 0 Å². The van der Waals surface area contributed by atoms with E-state index >= 15 is 0 Å². The van der Waals surface area contributed by atoms with Gasteiger partial charge in [0.2, 0.25) is 11.8 Å². The molecular weight excluding hydrogens is 482 g/mol. The molecule has 5 heterocycles. The number of carbonyl (C=O) groups is 2. The van der Waals surface area contributed by atoms with Crippen molar-refractivity contribution in [3.8, 4) is 0 Å². The summed E-state index contributed by atoms with van der Waals surface area (Å²) in [5, 5.41) is 5.72. The molecule has 3 aromatic rings. The minimum absolute atomic E-state index is 0.00324. The van der Waals surface area contributed by atoms with Crippen LogP contribution in [0.2, 0.25) is 5.15 Å². The minimum atomic E-state index is -0.0811. The van der Waals surface area contributed by atoms with Crippen LogP contribution in [0.15, 0.2) is 43.0 Å². The van der Waals surface area contributed by atoms with Gasteiger partial charge >= 0.3 is 0 Å². The molecule has 2 aromatic heterocycles. The maximum absolute atomic E-state index is 11.7. The summed E-state index contributed by atoms with van der Waals surface area (Å²) < 4.78 is 5.93. The van der Waals surface area contributed by atoms with Crippen molar-refractivity contribution >= 4 is 40.9 Å². The van der Waals surface area contributed by atoms with E-state index in [-0.39, 0.29) is 18.2 Å². The Morgan fingerprint density at radius 2 is 1.64 bits per heavy atom. The monoisotopic (exact) mass is 507 g/mol. The first-order chi connectivity index (χ1) is 17.6. The molecule has 3 aliphatic rings. The fraction of sp³-hybridized carbons (Fsp3) is 0.360. The van der Waals surface area contributed by atoms with Crippen molar-refractivity contribution in [1.29, 1.82) is 0 Å². The maximum atomic E-state index is 11.7. The molecule has 0 aliphatic carbocycles. The van der Waals surface area contributed by atoms with E-state index in [1.165, 1.54) is 18.2 Å². The third kappa shape index (κ3) is 5.60. The molecule has 11 heteroatoms. The number of piperidine rings is 1. The first-order valence-electron chi connectivity index (χ1n) is 11.9. The predicted molar refractivity (Wildman–Crippen MR) is 135 cm³/mol. The molecule has 1 aromatic carbocycles. The van der Waals surface area contributed by atoms with Gasteiger partial charge in [0.25, 0.3) is 0 Å². The molecule has 36 heavy (non-hydrogen) atoms. The lowest BCUT2D eigenvalue weighted by atomic mass is 9.98. The van der Waals surface area contributed by atoms with Crippen molar-refractivity contribution in [2.75, 3.05) is 35.2 Å². The summed E-state index contributed by atoms with van der Waals surface area (Å²) in [4.78, 5) is 41.0. The molecule has 0 saturated carbocycles. The quantitative estimate of drug-likeness (QED) is 0.505. The zero-order chi connectivity index (χ0) is 24.9. The number of hydrogen-bond donors (Lipinski definition) is 2. The van der Waals surface area contributed by atoms with Crippen LogP contribution in [0.1, 0.15) is 29.5 Å². The lowest BCUT2D eigenvalue weighted by molar-refractivity contribution is -0.115.